The lowest BCUT2D eigenvalue weighted by molar-refractivity contribution is -0.633. The van der Waals surface area contributed by atoms with Crippen molar-refractivity contribution in [2.45, 2.75) is 12.2 Å². The molecule has 5 heteroatoms. The summed E-state index contributed by atoms with van der Waals surface area (Å²) in [5, 5.41) is 12.3. The summed E-state index contributed by atoms with van der Waals surface area (Å²) in [7, 11) is 0. The molecule has 4 N–H and O–H groups in total. The minimum absolute atomic E-state index is 0.0326. The second-order valence-electron chi connectivity index (χ2n) is 12.9. The van der Waals surface area contributed by atoms with E-state index < -0.39 is 0 Å². The first-order valence-corrected chi connectivity index (χ1v) is 17.3. The Labute approximate surface area is 293 Å². The summed E-state index contributed by atoms with van der Waals surface area (Å²) in [6, 6.07) is 63.2. The molecule has 0 aliphatic carbocycles. The Bertz CT molecular complexity index is 2280. The van der Waals surface area contributed by atoms with Crippen LogP contribution in [0.4, 0.5) is 34.1 Å². The maximum absolute atomic E-state index is 3.75. The summed E-state index contributed by atoms with van der Waals surface area (Å²) in [6.45, 7) is 0.850. The molecule has 0 saturated carbocycles. The van der Waals surface area contributed by atoms with Gasteiger partial charge in [-0.25, -0.2) is 0 Å². The van der Waals surface area contributed by atoms with Gasteiger partial charge in [0.1, 0.15) is 18.4 Å². The summed E-state index contributed by atoms with van der Waals surface area (Å²) in [4.78, 5) is 4.74. The molecule has 2 heterocycles. The van der Waals surface area contributed by atoms with Gasteiger partial charge in [-0.05, 0) is 65.5 Å². The molecule has 0 radical (unpaired) electrons. The van der Waals surface area contributed by atoms with Crippen molar-refractivity contribution >= 4 is 50.6 Å². The van der Waals surface area contributed by atoms with Gasteiger partial charge >= 0.3 is 0 Å². The van der Waals surface area contributed by atoms with E-state index in [0.717, 1.165) is 29.3 Å². The van der Waals surface area contributed by atoms with Crippen LogP contribution in [0.15, 0.2) is 182 Å². The number of benzene rings is 7. The van der Waals surface area contributed by atoms with Crippen LogP contribution in [-0.4, -0.2) is 6.54 Å². The van der Waals surface area contributed by atoms with Gasteiger partial charge < -0.3 is 25.8 Å². The number of hydrogen-bond acceptors (Lipinski definition) is 4. The van der Waals surface area contributed by atoms with Crippen LogP contribution in [0.1, 0.15) is 28.9 Å². The molecule has 0 saturated heterocycles. The lowest BCUT2D eigenvalue weighted by Crippen LogP contribution is -2.83. The molecule has 2 unspecified atom stereocenters. The number of fused-ring (bicyclic) bond motifs is 2. The van der Waals surface area contributed by atoms with Crippen molar-refractivity contribution in [2.24, 2.45) is 0 Å². The summed E-state index contributed by atoms with van der Waals surface area (Å²) < 4.78 is 0. The van der Waals surface area contributed by atoms with Gasteiger partial charge in [0, 0.05) is 33.6 Å². The number of para-hydroxylation sites is 4. The predicted molar refractivity (Wildman–Crippen MR) is 207 cm³/mol. The third-order valence-corrected chi connectivity index (χ3v) is 9.89. The molecule has 0 fully saturated rings. The molecule has 9 rings (SSSR count). The van der Waals surface area contributed by atoms with E-state index in [4.69, 9.17) is 0 Å². The molecule has 2 aliphatic rings. The van der Waals surface area contributed by atoms with E-state index in [2.05, 4.69) is 208 Å². The number of nitrogens with two attached hydrogens (primary N) is 1. The normalized spacial score (nSPS) is 16.6. The van der Waals surface area contributed by atoms with E-state index in [9.17, 15) is 0 Å². The molecule has 2 atom stereocenters. The highest BCUT2D eigenvalue weighted by Crippen LogP contribution is 2.46. The average molecular weight is 649 g/mol. The third-order valence-electron chi connectivity index (χ3n) is 9.89. The van der Waals surface area contributed by atoms with Crippen LogP contribution in [0.2, 0.25) is 0 Å². The van der Waals surface area contributed by atoms with Gasteiger partial charge in [0.15, 0.2) is 0 Å². The zero-order valence-corrected chi connectivity index (χ0v) is 27.7. The molecular weight excluding hydrogens is 611 g/mol. The van der Waals surface area contributed by atoms with Crippen molar-refractivity contribution in [2.75, 3.05) is 21.7 Å². The molecule has 242 valence electrons. The maximum Gasteiger partial charge on any atom is 0.133 e. The van der Waals surface area contributed by atoms with Gasteiger partial charge in [0.2, 0.25) is 0 Å². The standard InChI is InChI=1S/C45H37N5/c1-3-14-36(15-4-1)49(43-21-11-13-32-12-7-8-18-39(32)43)38-28-26-34(27-29-38)42-31-46-41(30-47-42)33-22-24-35(25-23-33)45-48-40-19-9-10-20-44(40)50(45)37-16-5-2-6-17-37/h1-29,31,41,45-48H,30H2/p+1. The van der Waals surface area contributed by atoms with Gasteiger partial charge in [0.25, 0.3) is 0 Å². The van der Waals surface area contributed by atoms with Crippen LogP contribution in [0.25, 0.3) is 16.5 Å². The van der Waals surface area contributed by atoms with Crippen LogP contribution in [0.5, 0.6) is 0 Å². The molecule has 2 aliphatic heterocycles. The number of hydrogen-bond donors (Lipinski definition) is 3. The smallest absolute Gasteiger partial charge is 0.133 e. The van der Waals surface area contributed by atoms with Crippen molar-refractivity contribution in [3.8, 4) is 0 Å². The van der Waals surface area contributed by atoms with E-state index in [0.29, 0.717) is 6.04 Å². The Morgan fingerprint density at radius 1 is 0.580 bits per heavy atom. The van der Waals surface area contributed by atoms with E-state index in [1.165, 1.54) is 44.5 Å². The van der Waals surface area contributed by atoms with Crippen LogP contribution in [0, 0.1) is 0 Å². The molecule has 5 nitrogen and oxygen atoms in total. The summed E-state index contributed by atoms with van der Waals surface area (Å²) in [5.41, 5.74) is 11.8. The highest BCUT2D eigenvalue weighted by Gasteiger charge is 2.31. The van der Waals surface area contributed by atoms with Gasteiger partial charge in [-0.2, -0.15) is 0 Å². The maximum atomic E-state index is 3.75. The molecule has 0 spiro atoms. The zero-order valence-electron chi connectivity index (χ0n) is 27.7. The Kier molecular flexibility index (Phi) is 7.72. The first kappa shape index (κ1) is 29.8. The Hall–Kier alpha value is -6.30. The lowest BCUT2D eigenvalue weighted by Gasteiger charge is -2.28. The second kappa shape index (κ2) is 13.0. The number of quaternary nitrogens is 1. The minimum atomic E-state index is 0.0326. The number of nitrogens with one attached hydrogen (secondary N) is 2. The van der Waals surface area contributed by atoms with Crippen LogP contribution >= 0.6 is 0 Å². The first-order valence-electron chi connectivity index (χ1n) is 17.3. The Balaban J connectivity index is 0.933. The van der Waals surface area contributed by atoms with Gasteiger partial charge in [-0.1, -0.05) is 121 Å². The van der Waals surface area contributed by atoms with Gasteiger partial charge in [-0.15, -0.1) is 0 Å². The SMILES string of the molecule is C1=C(c2ccc(N(c3ccccc3)c3cccc4ccccc34)cc2)NCC(c2ccc(C3Nc4ccccc4N3c3ccccc3)cc2)[NH2+]1. The summed E-state index contributed by atoms with van der Waals surface area (Å²) in [5.74, 6) is 0. The average Bonchev–Trinajstić information content (AvgIpc) is 3.59. The zero-order chi connectivity index (χ0) is 33.3. The topological polar surface area (TPSA) is 47.1 Å². The monoisotopic (exact) mass is 648 g/mol. The quantitative estimate of drug-likeness (QED) is 0.161. The Morgan fingerprint density at radius 3 is 2.02 bits per heavy atom. The molecule has 50 heavy (non-hydrogen) atoms. The number of anilines is 6. The fourth-order valence-electron chi connectivity index (χ4n) is 7.38. The third kappa shape index (κ3) is 5.54. The predicted octanol–water partition coefficient (Wildman–Crippen LogP) is 9.78. The van der Waals surface area contributed by atoms with Crippen LogP contribution in [0.3, 0.4) is 0 Å². The largest absolute Gasteiger partial charge is 0.374 e. The molecule has 7 aromatic rings. The van der Waals surface area contributed by atoms with Gasteiger partial charge in [-0.3, -0.25) is 0 Å². The Morgan fingerprint density at radius 2 is 1.24 bits per heavy atom. The minimum Gasteiger partial charge on any atom is -0.374 e. The highest BCUT2D eigenvalue weighted by molar-refractivity contribution is 5.99. The van der Waals surface area contributed by atoms with Crippen LogP contribution < -0.4 is 25.8 Å². The summed E-state index contributed by atoms with van der Waals surface area (Å²) in [6.07, 6.45) is 2.27. The van der Waals surface area contributed by atoms with Crippen molar-refractivity contribution in [3.05, 3.63) is 199 Å². The van der Waals surface area contributed by atoms with Crippen molar-refractivity contribution < 1.29 is 5.32 Å². The molecule has 7 aromatic carbocycles. The highest BCUT2D eigenvalue weighted by atomic mass is 15.3. The van der Waals surface area contributed by atoms with E-state index in [1.807, 2.05) is 0 Å². The van der Waals surface area contributed by atoms with E-state index in [-0.39, 0.29) is 6.17 Å². The molecular formula is C45H38N5+. The van der Waals surface area contributed by atoms with E-state index >= 15 is 0 Å². The van der Waals surface area contributed by atoms with E-state index in [1.54, 1.807) is 0 Å². The lowest BCUT2D eigenvalue weighted by atomic mass is 10.0. The van der Waals surface area contributed by atoms with Crippen molar-refractivity contribution in [1.29, 1.82) is 0 Å². The second-order valence-corrected chi connectivity index (χ2v) is 12.9. The number of nitrogens with zero attached hydrogens (tertiary/aromatic N) is 2. The fraction of sp³-hybridized carbons (Fsp3) is 0.0667. The molecule has 0 aromatic heterocycles. The first-order chi connectivity index (χ1) is 24.8. The fourth-order valence-corrected chi connectivity index (χ4v) is 7.38. The number of rotatable bonds is 7. The summed E-state index contributed by atoms with van der Waals surface area (Å²) >= 11 is 0. The molecule has 0 amide bonds. The van der Waals surface area contributed by atoms with Crippen molar-refractivity contribution in [1.82, 2.24) is 5.32 Å². The van der Waals surface area contributed by atoms with Gasteiger partial charge in [0.05, 0.1) is 29.3 Å². The molecule has 0 bridgehead atoms. The van der Waals surface area contributed by atoms with Crippen LogP contribution in [-0.2, 0) is 0 Å². The van der Waals surface area contributed by atoms with Crippen molar-refractivity contribution in [3.63, 3.8) is 0 Å².